The Labute approximate surface area is 400 Å². The van der Waals surface area contributed by atoms with Gasteiger partial charge in [-0.3, -0.25) is 0 Å². The average molecular weight is 891 g/mol. The molecule has 0 spiro atoms. The zero-order valence-corrected chi connectivity index (χ0v) is 38.9. The van der Waals surface area contributed by atoms with Crippen LogP contribution in [0.1, 0.15) is 175 Å². The molecule has 356 valence electrons. The molecule has 4 aliphatic carbocycles. The van der Waals surface area contributed by atoms with Gasteiger partial charge in [0.25, 0.3) is 0 Å². The van der Waals surface area contributed by atoms with Crippen LogP contribution < -0.4 is 22.9 Å². The van der Waals surface area contributed by atoms with Crippen LogP contribution in [0.2, 0.25) is 0 Å². The van der Waals surface area contributed by atoms with Gasteiger partial charge in [-0.2, -0.15) is 0 Å². The van der Waals surface area contributed by atoms with Crippen LogP contribution in [0.25, 0.3) is 0 Å². The third kappa shape index (κ3) is 14.9. The first-order chi connectivity index (χ1) is 31.2. The van der Waals surface area contributed by atoms with Crippen molar-refractivity contribution < 1.29 is 4.74 Å². The monoisotopic (exact) mass is 891 g/mol. The molecule has 0 amide bonds. The second-order valence-corrected chi connectivity index (χ2v) is 20.9. The van der Waals surface area contributed by atoms with Crippen LogP contribution in [0.15, 0.2) is 115 Å². The van der Waals surface area contributed by atoms with Crippen molar-refractivity contribution in [2.24, 2.45) is 29.6 Å². The van der Waals surface area contributed by atoms with Gasteiger partial charge in [-0.05, 0) is 226 Å². The largest absolute Gasteiger partial charge is 0.399 e. The Morgan fingerprint density at radius 3 is 1.27 bits per heavy atom. The minimum atomic E-state index is 0. The van der Waals surface area contributed by atoms with Crippen molar-refractivity contribution in [3.63, 3.8) is 0 Å². The highest BCUT2D eigenvalue weighted by Gasteiger charge is 2.31. The molecule has 8 N–H and O–H groups in total. The lowest BCUT2D eigenvalue weighted by Gasteiger charge is -2.38. The first-order valence-electron chi connectivity index (χ1n) is 25.3. The standard InChI is InChI=1S/C32H40N2.C27H38N2O.2CH4/c33-31-20-26(21-32(34)22-31)19-25-8-12-28(13-9-25)30-16-14-29(15-17-30)27-10-6-24(7-11-27)18-23-4-2-1-3-5-23;1-19-2-4-21(5-3-19)18-30-27-12-10-24(11-13-27)23-8-6-20(7-9-23)14-22-15-25(28)17-26(29)16-22;;/h1-5,8-9,12-13,20-22,24,27,29-30H,6-7,10-11,14-19,33-34H2;6-9,15-17,19,21,24,27H,2-5,10-14,18,28-29H2,1H3;2*1H4. The summed E-state index contributed by atoms with van der Waals surface area (Å²) >= 11 is 0. The Kier molecular flexibility index (Phi) is 19.1. The van der Waals surface area contributed by atoms with Crippen molar-refractivity contribution in [1.82, 2.24) is 0 Å². The van der Waals surface area contributed by atoms with Gasteiger partial charge in [0.15, 0.2) is 0 Å². The Hall–Kier alpha value is -4.74. The second-order valence-electron chi connectivity index (χ2n) is 20.9. The maximum Gasteiger partial charge on any atom is 0.0575 e. The summed E-state index contributed by atoms with van der Waals surface area (Å²) in [6, 6.07) is 41.3. The normalized spacial score (nSPS) is 25.3. The summed E-state index contributed by atoms with van der Waals surface area (Å²) in [5.74, 6) is 5.98. The summed E-state index contributed by atoms with van der Waals surface area (Å²) < 4.78 is 6.33. The number of anilines is 4. The molecule has 5 aromatic rings. The topological polar surface area (TPSA) is 113 Å². The maximum atomic E-state index is 6.33. The molecular weight excluding hydrogens is 805 g/mol. The summed E-state index contributed by atoms with van der Waals surface area (Å²) in [5.41, 5.74) is 36.2. The smallest absolute Gasteiger partial charge is 0.0575 e. The highest BCUT2D eigenvalue weighted by Crippen LogP contribution is 2.44. The van der Waals surface area contributed by atoms with E-state index in [1.54, 1.807) is 0 Å². The Bertz CT molecular complexity index is 2110. The van der Waals surface area contributed by atoms with Gasteiger partial charge < -0.3 is 27.7 Å². The molecule has 4 fully saturated rings. The van der Waals surface area contributed by atoms with Gasteiger partial charge in [0.05, 0.1) is 6.10 Å². The molecule has 0 bridgehead atoms. The van der Waals surface area contributed by atoms with Crippen LogP contribution in [-0.2, 0) is 24.0 Å². The molecule has 0 aromatic heterocycles. The number of nitrogens with two attached hydrogens (primary N) is 4. The predicted octanol–water partition coefficient (Wildman–Crippen LogP) is 15.3. The summed E-state index contributed by atoms with van der Waals surface area (Å²) in [5, 5.41) is 0. The summed E-state index contributed by atoms with van der Waals surface area (Å²) in [6.07, 6.45) is 25.3. The molecule has 0 aliphatic heterocycles. The van der Waals surface area contributed by atoms with E-state index in [0.717, 1.165) is 77.7 Å². The fourth-order valence-electron chi connectivity index (χ4n) is 12.0. The number of hydrogen-bond donors (Lipinski definition) is 4. The molecule has 0 atom stereocenters. The maximum absolute atomic E-state index is 6.33. The Morgan fingerprint density at radius 1 is 0.409 bits per heavy atom. The lowest BCUT2D eigenvalue weighted by atomic mass is 9.68. The van der Waals surface area contributed by atoms with E-state index in [0.29, 0.717) is 12.0 Å². The number of rotatable bonds is 12. The highest BCUT2D eigenvalue weighted by molar-refractivity contribution is 5.56. The molecule has 5 nitrogen and oxygen atoms in total. The van der Waals surface area contributed by atoms with E-state index < -0.39 is 0 Å². The lowest BCUT2D eigenvalue weighted by molar-refractivity contribution is -0.00404. The van der Waals surface area contributed by atoms with Gasteiger partial charge in [0.1, 0.15) is 0 Å². The van der Waals surface area contributed by atoms with E-state index in [1.807, 2.05) is 36.4 Å². The van der Waals surface area contributed by atoms with Crippen LogP contribution in [0.5, 0.6) is 0 Å². The van der Waals surface area contributed by atoms with E-state index >= 15 is 0 Å². The highest BCUT2D eigenvalue weighted by atomic mass is 16.5. The van der Waals surface area contributed by atoms with Gasteiger partial charge in [0.2, 0.25) is 0 Å². The van der Waals surface area contributed by atoms with Crippen LogP contribution in [0.4, 0.5) is 22.7 Å². The van der Waals surface area contributed by atoms with Crippen LogP contribution >= 0.6 is 0 Å². The van der Waals surface area contributed by atoms with Gasteiger partial charge in [-0.25, -0.2) is 0 Å². The molecule has 0 radical (unpaired) electrons. The molecule has 0 unspecified atom stereocenters. The molecule has 5 aromatic carbocycles. The van der Waals surface area contributed by atoms with Crippen molar-refractivity contribution in [2.75, 3.05) is 29.5 Å². The number of benzene rings is 5. The van der Waals surface area contributed by atoms with E-state index in [9.17, 15) is 0 Å². The number of ether oxygens (including phenoxy) is 1. The van der Waals surface area contributed by atoms with Gasteiger partial charge >= 0.3 is 0 Å². The van der Waals surface area contributed by atoms with Crippen LogP contribution in [0, 0.1) is 29.6 Å². The van der Waals surface area contributed by atoms with Crippen molar-refractivity contribution in [2.45, 2.75) is 162 Å². The van der Waals surface area contributed by atoms with Crippen molar-refractivity contribution in [3.8, 4) is 0 Å². The molecule has 9 rings (SSSR count). The molecule has 4 saturated carbocycles. The molecule has 0 saturated heterocycles. The number of hydrogen-bond acceptors (Lipinski definition) is 5. The van der Waals surface area contributed by atoms with Crippen molar-refractivity contribution >= 4 is 22.7 Å². The molecule has 0 heterocycles. The summed E-state index contributed by atoms with van der Waals surface area (Å²) in [6.45, 7) is 3.38. The van der Waals surface area contributed by atoms with E-state index in [-0.39, 0.29) is 14.9 Å². The van der Waals surface area contributed by atoms with Crippen LogP contribution in [0.3, 0.4) is 0 Å². The minimum Gasteiger partial charge on any atom is -0.399 e. The number of nitrogen functional groups attached to an aromatic ring is 4. The van der Waals surface area contributed by atoms with E-state index in [2.05, 4.69) is 85.8 Å². The van der Waals surface area contributed by atoms with Crippen LogP contribution in [-0.4, -0.2) is 12.7 Å². The molecule has 4 aliphatic rings. The quantitative estimate of drug-likeness (QED) is 0.0932. The molecule has 66 heavy (non-hydrogen) atoms. The Morgan fingerprint density at radius 2 is 0.818 bits per heavy atom. The van der Waals surface area contributed by atoms with E-state index in [4.69, 9.17) is 27.7 Å². The fraction of sp³-hybridized carbons (Fsp3) is 0.508. The first-order valence-corrected chi connectivity index (χ1v) is 25.3. The zero-order valence-electron chi connectivity index (χ0n) is 38.9. The first kappa shape index (κ1) is 50.7. The molecule has 5 heteroatoms. The second kappa shape index (κ2) is 24.9. The third-order valence-corrected chi connectivity index (χ3v) is 15.9. The zero-order chi connectivity index (χ0) is 44.3. The van der Waals surface area contributed by atoms with Gasteiger partial charge in [-0.1, -0.05) is 113 Å². The van der Waals surface area contributed by atoms with Gasteiger partial charge in [0, 0.05) is 29.4 Å². The third-order valence-electron chi connectivity index (χ3n) is 15.9. The van der Waals surface area contributed by atoms with Gasteiger partial charge in [-0.15, -0.1) is 0 Å². The van der Waals surface area contributed by atoms with E-state index in [1.165, 1.54) is 148 Å². The lowest BCUT2D eigenvalue weighted by Crippen LogP contribution is -2.26. The molecular formula is C61H86N4O. The summed E-state index contributed by atoms with van der Waals surface area (Å²) in [4.78, 5) is 0. The van der Waals surface area contributed by atoms with Crippen molar-refractivity contribution in [3.05, 3.63) is 154 Å². The average Bonchev–Trinajstić information content (AvgIpc) is 3.30. The predicted molar refractivity (Wildman–Crippen MR) is 285 cm³/mol. The Balaban J connectivity index is 0.000000213. The SMILES string of the molecule is C.C.CC1CCC(COC2CCC(c3ccc(Cc4cc(N)cc(N)c4)cc3)CC2)CC1.Nc1cc(N)cc(Cc2ccc(C3CCC(C4CCC(Cc5ccccc5)CC4)CC3)cc2)c1. The minimum absolute atomic E-state index is 0. The summed E-state index contributed by atoms with van der Waals surface area (Å²) in [7, 11) is 0. The fourth-order valence-corrected chi connectivity index (χ4v) is 12.0. The van der Waals surface area contributed by atoms with Crippen molar-refractivity contribution in [1.29, 1.82) is 0 Å².